The number of hydrogen-bond acceptors (Lipinski definition) is 8. The Balaban J connectivity index is 2.22. The van der Waals surface area contributed by atoms with Gasteiger partial charge in [-0.15, -0.1) is 0 Å². The molecule has 1 N–H and O–H groups in total. The van der Waals surface area contributed by atoms with Crippen LogP contribution in [0.4, 0.5) is 4.79 Å². The molecule has 0 aliphatic heterocycles. The minimum atomic E-state index is -0.755. The Labute approximate surface area is 191 Å². The van der Waals surface area contributed by atoms with Gasteiger partial charge >= 0.3 is 6.09 Å². The first kappa shape index (κ1) is 24.5. The number of alkyl carbamates (subject to hydrolysis) is 1. The maximum atomic E-state index is 12.3. The van der Waals surface area contributed by atoms with Crippen LogP contribution in [0, 0.1) is 45.3 Å². The third-order valence-electron chi connectivity index (χ3n) is 4.12. The Morgan fingerprint density at radius 3 is 1.67 bits per heavy atom. The molecule has 9 heteroatoms. The molecule has 166 valence electrons. The van der Waals surface area contributed by atoms with Crippen LogP contribution in [0.15, 0.2) is 36.4 Å². The zero-order valence-corrected chi connectivity index (χ0v) is 18.4. The van der Waals surface area contributed by atoms with Crippen molar-refractivity contribution in [2.75, 3.05) is 13.2 Å². The molecule has 0 radical (unpaired) electrons. The molecule has 2 aromatic rings. The molecule has 0 spiro atoms. The van der Waals surface area contributed by atoms with Gasteiger partial charge in [-0.25, -0.2) is 4.79 Å². The first-order valence-corrected chi connectivity index (χ1v) is 9.84. The van der Waals surface area contributed by atoms with Crippen LogP contribution < -0.4 is 14.8 Å². The van der Waals surface area contributed by atoms with Crippen molar-refractivity contribution in [3.8, 4) is 35.8 Å². The topological polar surface area (TPSA) is 152 Å². The molecule has 2 aromatic carbocycles. The van der Waals surface area contributed by atoms with Crippen LogP contribution in [0.1, 0.15) is 43.0 Å². The molecule has 0 unspecified atom stereocenters. The molecule has 0 saturated carbocycles. The van der Waals surface area contributed by atoms with E-state index in [-0.39, 0.29) is 47.0 Å². The van der Waals surface area contributed by atoms with Gasteiger partial charge in [0.25, 0.3) is 0 Å². The average Bonchev–Trinajstić information content (AvgIpc) is 2.78. The van der Waals surface area contributed by atoms with Gasteiger partial charge in [-0.2, -0.15) is 21.0 Å². The standard InChI is InChI=1S/C24H21N5O4/c1-24(2,3)33-23(30)29-18(14-31-21-8-4-6-16(10-25)19(21)12-27)15-32-22-9-5-7-17(11-26)20(22)13-28/h4-9,18H,14-15H2,1-3H3,(H,29,30). The van der Waals surface area contributed by atoms with E-state index in [0.29, 0.717) is 0 Å². The number of nitrogens with one attached hydrogen (secondary N) is 1. The zero-order chi connectivity index (χ0) is 24.4. The van der Waals surface area contributed by atoms with Gasteiger partial charge in [-0.1, -0.05) is 12.1 Å². The zero-order valence-electron chi connectivity index (χ0n) is 18.4. The Hall–Kier alpha value is -4.73. The molecule has 9 nitrogen and oxygen atoms in total. The van der Waals surface area contributed by atoms with Gasteiger partial charge in [0.15, 0.2) is 0 Å². The Kier molecular flexibility index (Phi) is 8.22. The van der Waals surface area contributed by atoms with E-state index in [0.717, 1.165) is 0 Å². The molecule has 0 bridgehead atoms. The maximum Gasteiger partial charge on any atom is 0.408 e. The van der Waals surface area contributed by atoms with Crippen molar-refractivity contribution in [2.45, 2.75) is 32.4 Å². The Bertz CT molecular complexity index is 1110. The number of nitriles is 4. The number of carbonyl (C=O) groups is 1. The smallest absolute Gasteiger partial charge is 0.408 e. The van der Waals surface area contributed by atoms with Crippen LogP contribution in [0.25, 0.3) is 0 Å². The summed E-state index contributed by atoms with van der Waals surface area (Å²) in [5, 5.41) is 39.8. The lowest BCUT2D eigenvalue weighted by Crippen LogP contribution is -2.45. The molecular weight excluding hydrogens is 422 g/mol. The molecule has 0 aliphatic carbocycles. The van der Waals surface area contributed by atoms with Crippen LogP contribution in [0.5, 0.6) is 11.5 Å². The first-order chi connectivity index (χ1) is 15.7. The quantitative estimate of drug-likeness (QED) is 0.682. The van der Waals surface area contributed by atoms with E-state index in [1.165, 1.54) is 24.3 Å². The molecule has 0 atom stereocenters. The van der Waals surface area contributed by atoms with Gasteiger partial charge in [0.05, 0.1) is 11.1 Å². The minimum absolute atomic E-state index is 0.0745. The number of hydrogen-bond donors (Lipinski definition) is 1. The van der Waals surface area contributed by atoms with Gasteiger partial charge in [0, 0.05) is 0 Å². The van der Waals surface area contributed by atoms with E-state index >= 15 is 0 Å². The SMILES string of the molecule is CC(C)(C)OC(=O)NC(COc1cccc(C#N)c1C#N)COc1cccc(C#N)c1C#N. The second-order valence-electron chi connectivity index (χ2n) is 7.77. The molecule has 0 fully saturated rings. The van der Waals surface area contributed by atoms with Crippen LogP contribution in [0.3, 0.4) is 0 Å². The fourth-order valence-electron chi connectivity index (χ4n) is 2.71. The third kappa shape index (κ3) is 6.89. The number of rotatable bonds is 7. The maximum absolute atomic E-state index is 12.3. The number of benzene rings is 2. The van der Waals surface area contributed by atoms with E-state index < -0.39 is 17.7 Å². The van der Waals surface area contributed by atoms with Crippen LogP contribution in [-0.4, -0.2) is 30.9 Å². The van der Waals surface area contributed by atoms with Crippen molar-refractivity contribution in [1.29, 1.82) is 21.0 Å². The summed E-state index contributed by atoms with van der Waals surface area (Å²) in [5.74, 6) is 0.355. The number of ether oxygens (including phenoxy) is 3. The van der Waals surface area contributed by atoms with Crippen molar-refractivity contribution < 1.29 is 19.0 Å². The largest absolute Gasteiger partial charge is 0.490 e. The van der Waals surface area contributed by atoms with E-state index in [2.05, 4.69) is 5.32 Å². The van der Waals surface area contributed by atoms with Crippen molar-refractivity contribution in [3.63, 3.8) is 0 Å². The van der Waals surface area contributed by atoms with Gasteiger partial charge in [0.2, 0.25) is 0 Å². The minimum Gasteiger partial charge on any atom is -0.490 e. The second-order valence-corrected chi connectivity index (χ2v) is 7.77. The predicted molar refractivity (Wildman–Crippen MR) is 116 cm³/mol. The summed E-state index contributed by atoms with van der Waals surface area (Å²) in [5.41, 5.74) is -0.263. The van der Waals surface area contributed by atoms with Crippen LogP contribution in [-0.2, 0) is 4.74 Å². The lowest BCUT2D eigenvalue weighted by molar-refractivity contribution is 0.0465. The van der Waals surface area contributed by atoms with Gasteiger partial charge < -0.3 is 19.5 Å². The van der Waals surface area contributed by atoms with Crippen molar-refractivity contribution in [3.05, 3.63) is 58.7 Å². The highest BCUT2D eigenvalue weighted by molar-refractivity contribution is 5.68. The lowest BCUT2D eigenvalue weighted by Gasteiger charge is -2.24. The Morgan fingerprint density at radius 1 is 0.848 bits per heavy atom. The molecule has 0 heterocycles. The summed E-state index contributed by atoms with van der Waals surface area (Å²) in [4.78, 5) is 12.3. The van der Waals surface area contributed by atoms with E-state index in [1.807, 2.05) is 24.3 Å². The van der Waals surface area contributed by atoms with E-state index in [1.54, 1.807) is 32.9 Å². The molecule has 33 heavy (non-hydrogen) atoms. The van der Waals surface area contributed by atoms with Gasteiger partial charge in [-0.05, 0) is 45.0 Å². The summed E-state index contributed by atoms with van der Waals surface area (Å²) >= 11 is 0. The predicted octanol–water partition coefficient (Wildman–Crippen LogP) is 3.52. The summed E-state index contributed by atoms with van der Waals surface area (Å²) in [7, 11) is 0. The molecule has 2 rings (SSSR count). The van der Waals surface area contributed by atoms with Crippen molar-refractivity contribution in [1.82, 2.24) is 5.32 Å². The normalized spacial score (nSPS) is 10.2. The Morgan fingerprint density at radius 2 is 1.30 bits per heavy atom. The summed E-state index contributed by atoms with van der Waals surface area (Å²) in [6.45, 7) is 4.90. The van der Waals surface area contributed by atoms with Crippen molar-refractivity contribution in [2.24, 2.45) is 0 Å². The van der Waals surface area contributed by atoms with Gasteiger partial charge in [-0.3, -0.25) is 0 Å². The highest BCUT2D eigenvalue weighted by Crippen LogP contribution is 2.23. The fourth-order valence-corrected chi connectivity index (χ4v) is 2.71. The number of nitrogens with zero attached hydrogens (tertiary/aromatic N) is 4. The fraction of sp³-hybridized carbons (Fsp3) is 0.292. The van der Waals surface area contributed by atoms with Gasteiger partial charge in [0.1, 0.15) is 71.8 Å². The molecule has 0 aliphatic rings. The lowest BCUT2D eigenvalue weighted by atomic mass is 10.1. The van der Waals surface area contributed by atoms with Crippen molar-refractivity contribution >= 4 is 6.09 Å². The third-order valence-corrected chi connectivity index (χ3v) is 4.12. The summed E-state index contributed by atoms with van der Waals surface area (Å²) in [6.07, 6.45) is -0.711. The number of amides is 1. The van der Waals surface area contributed by atoms with E-state index in [4.69, 9.17) is 14.2 Å². The monoisotopic (exact) mass is 443 g/mol. The first-order valence-electron chi connectivity index (χ1n) is 9.84. The molecule has 0 saturated heterocycles. The van der Waals surface area contributed by atoms with Crippen LogP contribution in [0.2, 0.25) is 0 Å². The van der Waals surface area contributed by atoms with Crippen LogP contribution >= 0.6 is 0 Å². The summed E-state index contributed by atoms with van der Waals surface area (Å²) in [6, 6.07) is 16.2. The highest BCUT2D eigenvalue weighted by atomic mass is 16.6. The average molecular weight is 443 g/mol. The number of carbonyl (C=O) groups excluding carboxylic acids is 1. The molecule has 1 amide bonds. The molecular formula is C24H21N5O4. The summed E-state index contributed by atoms with van der Waals surface area (Å²) < 4.78 is 16.7. The molecule has 0 aromatic heterocycles. The highest BCUT2D eigenvalue weighted by Gasteiger charge is 2.22. The van der Waals surface area contributed by atoms with E-state index in [9.17, 15) is 25.8 Å². The second kappa shape index (κ2) is 11.0.